The molecule has 0 saturated carbocycles. The Labute approximate surface area is 109 Å². The Kier molecular flexibility index (Phi) is 5.49. The van der Waals surface area contributed by atoms with E-state index in [-0.39, 0.29) is 0 Å². The third-order valence-corrected chi connectivity index (χ3v) is 3.47. The van der Waals surface area contributed by atoms with Gasteiger partial charge in [0.25, 0.3) is 0 Å². The van der Waals surface area contributed by atoms with Gasteiger partial charge in [0.1, 0.15) is 5.75 Å². The summed E-state index contributed by atoms with van der Waals surface area (Å²) in [6.07, 6.45) is 4.55. The Balaban J connectivity index is 1.77. The van der Waals surface area contributed by atoms with Crippen molar-refractivity contribution in [1.82, 2.24) is 5.32 Å². The minimum absolute atomic E-state index is 0.613. The van der Waals surface area contributed by atoms with Gasteiger partial charge in [0.15, 0.2) is 0 Å². The SMILES string of the molecule is COc1ccccc1CCNC1CCCOCC1. The molecule has 1 N–H and O–H groups in total. The largest absolute Gasteiger partial charge is 0.496 e. The predicted molar refractivity (Wildman–Crippen MR) is 73.2 cm³/mol. The summed E-state index contributed by atoms with van der Waals surface area (Å²) in [7, 11) is 1.73. The summed E-state index contributed by atoms with van der Waals surface area (Å²) in [6, 6.07) is 8.85. The molecule has 2 rings (SSSR count). The summed E-state index contributed by atoms with van der Waals surface area (Å²) in [5.74, 6) is 0.989. The zero-order valence-electron chi connectivity index (χ0n) is 11.2. The van der Waals surface area contributed by atoms with Crippen LogP contribution in [-0.4, -0.2) is 32.9 Å². The highest BCUT2D eigenvalue weighted by Crippen LogP contribution is 2.17. The van der Waals surface area contributed by atoms with Crippen molar-refractivity contribution in [3.05, 3.63) is 29.8 Å². The number of para-hydroxylation sites is 1. The van der Waals surface area contributed by atoms with Crippen LogP contribution in [0.5, 0.6) is 5.75 Å². The van der Waals surface area contributed by atoms with Crippen molar-refractivity contribution in [2.24, 2.45) is 0 Å². The van der Waals surface area contributed by atoms with Crippen LogP contribution in [0, 0.1) is 0 Å². The molecule has 3 heteroatoms. The van der Waals surface area contributed by atoms with E-state index in [0.717, 1.165) is 38.3 Å². The lowest BCUT2D eigenvalue weighted by molar-refractivity contribution is 0.142. The van der Waals surface area contributed by atoms with Crippen LogP contribution >= 0.6 is 0 Å². The van der Waals surface area contributed by atoms with Crippen molar-refractivity contribution >= 4 is 0 Å². The Morgan fingerprint density at radius 3 is 3.06 bits per heavy atom. The fourth-order valence-electron chi connectivity index (χ4n) is 2.43. The Bertz CT molecular complexity index is 346. The molecule has 3 nitrogen and oxygen atoms in total. The lowest BCUT2D eigenvalue weighted by Crippen LogP contribution is -2.31. The zero-order chi connectivity index (χ0) is 12.6. The monoisotopic (exact) mass is 249 g/mol. The minimum Gasteiger partial charge on any atom is -0.496 e. The molecule has 1 heterocycles. The number of methoxy groups -OCH3 is 1. The summed E-state index contributed by atoms with van der Waals surface area (Å²) in [4.78, 5) is 0. The average molecular weight is 249 g/mol. The lowest BCUT2D eigenvalue weighted by Gasteiger charge is -2.16. The molecule has 1 aromatic carbocycles. The van der Waals surface area contributed by atoms with Gasteiger partial charge in [-0.25, -0.2) is 0 Å². The molecular weight excluding hydrogens is 226 g/mol. The van der Waals surface area contributed by atoms with Gasteiger partial charge in [0, 0.05) is 19.3 Å². The van der Waals surface area contributed by atoms with E-state index in [9.17, 15) is 0 Å². The van der Waals surface area contributed by atoms with E-state index >= 15 is 0 Å². The highest BCUT2D eigenvalue weighted by atomic mass is 16.5. The zero-order valence-corrected chi connectivity index (χ0v) is 11.2. The molecule has 1 aromatic rings. The summed E-state index contributed by atoms with van der Waals surface area (Å²) >= 11 is 0. The Hall–Kier alpha value is -1.06. The van der Waals surface area contributed by atoms with E-state index in [1.807, 2.05) is 12.1 Å². The molecule has 18 heavy (non-hydrogen) atoms. The quantitative estimate of drug-likeness (QED) is 0.869. The Morgan fingerprint density at radius 1 is 1.28 bits per heavy atom. The number of hydrogen-bond acceptors (Lipinski definition) is 3. The molecule has 0 aromatic heterocycles. The molecule has 1 aliphatic rings. The van der Waals surface area contributed by atoms with Crippen LogP contribution in [-0.2, 0) is 11.2 Å². The van der Waals surface area contributed by atoms with Crippen molar-refractivity contribution in [3.63, 3.8) is 0 Å². The fourth-order valence-corrected chi connectivity index (χ4v) is 2.43. The molecule has 0 radical (unpaired) electrons. The summed E-state index contributed by atoms with van der Waals surface area (Å²) in [5.41, 5.74) is 1.28. The van der Waals surface area contributed by atoms with Crippen LogP contribution in [0.25, 0.3) is 0 Å². The van der Waals surface area contributed by atoms with Gasteiger partial charge in [-0.05, 0) is 43.9 Å². The molecule has 1 saturated heterocycles. The topological polar surface area (TPSA) is 30.5 Å². The van der Waals surface area contributed by atoms with E-state index in [4.69, 9.17) is 9.47 Å². The van der Waals surface area contributed by atoms with Crippen LogP contribution in [0.4, 0.5) is 0 Å². The van der Waals surface area contributed by atoms with Gasteiger partial charge in [-0.2, -0.15) is 0 Å². The molecule has 1 unspecified atom stereocenters. The number of ether oxygens (including phenoxy) is 2. The van der Waals surface area contributed by atoms with Gasteiger partial charge in [0.2, 0.25) is 0 Å². The van der Waals surface area contributed by atoms with E-state index in [1.54, 1.807) is 7.11 Å². The first-order valence-electron chi connectivity index (χ1n) is 6.83. The molecule has 0 aliphatic carbocycles. The van der Waals surface area contributed by atoms with Gasteiger partial charge in [-0.1, -0.05) is 18.2 Å². The molecule has 0 spiro atoms. The first-order chi connectivity index (χ1) is 8.90. The summed E-state index contributed by atoms with van der Waals surface area (Å²) in [5, 5.41) is 3.63. The van der Waals surface area contributed by atoms with E-state index in [0.29, 0.717) is 6.04 Å². The van der Waals surface area contributed by atoms with Crippen molar-refractivity contribution in [3.8, 4) is 5.75 Å². The van der Waals surface area contributed by atoms with Crippen LogP contribution in [0.15, 0.2) is 24.3 Å². The van der Waals surface area contributed by atoms with Crippen LogP contribution in [0.2, 0.25) is 0 Å². The van der Waals surface area contributed by atoms with Crippen molar-refractivity contribution in [2.45, 2.75) is 31.7 Å². The van der Waals surface area contributed by atoms with Crippen molar-refractivity contribution in [2.75, 3.05) is 26.9 Å². The Morgan fingerprint density at radius 2 is 2.17 bits per heavy atom. The predicted octanol–water partition coefficient (Wildman–Crippen LogP) is 2.40. The first-order valence-corrected chi connectivity index (χ1v) is 6.83. The highest BCUT2D eigenvalue weighted by Gasteiger charge is 2.11. The summed E-state index contributed by atoms with van der Waals surface area (Å²) < 4.78 is 10.8. The van der Waals surface area contributed by atoms with Crippen LogP contribution in [0.1, 0.15) is 24.8 Å². The second kappa shape index (κ2) is 7.39. The third-order valence-electron chi connectivity index (χ3n) is 3.47. The van der Waals surface area contributed by atoms with E-state index in [1.165, 1.54) is 18.4 Å². The highest BCUT2D eigenvalue weighted by molar-refractivity contribution is 5.33. The summed E-state index contributed by atoms with van der Waals surface area (Å²) in [6.45, 7) is 2.82. The van der Waals surface area contributed by atoms with Crippen molar-refractivity contribution in [1.29, 1.82) is 0 Å². The number of nitrogens with one attached hydrogen (secondary N) is 1. The maximum absolute atomic E-state index is 5.47. The average Bonchev–Trinajstić information content (AvgIpc) is 2.68. The van der Waals surface area contributed by atoms with Gasteiger partial charge in [0.05, 0.1) is 7.11 Å². The standard InChI is InChI=1S/C15H23NO2/c1-17-15-7-3-2-5-13(15)8-10-16-14-6-4-11-18-12-9-14/h2-3,5,7,14,16H,4,6,8-12H2,1H3. The normalized spacial score (nSPS) is 20.4. The smallest absolute Gasteiger partial charge is 0.122 e. The fraction of sp³-hybridized carbons (Fsp3) is 0.600. The molecule has 0 bridgehead atoms. The van der Waals surface area contributed by atoms with Crippen LogP contribution < -0.4 is 10.1 Å². The molecular formula is C15H23NO2. The number of benzene rings is 1. The third kappa shape index (κ3) is 4.00. The van der Waals surface area contributed by atoms with Gasteiger partial charge in [-0.3, -0.25) is 0 Å². The van der Waals surface area contributed by atoms with Gasteiger partial charge in [-0.15, -0.1) is 0 Å². The molecule has 100 valence electrons. The van der Waals surface area contributed by atoms with Gasteiger partial charge < -0.3 is 14.8 Å². The first kappa shape index (κ1) is 13.4. The molecule has 1 fully saturated rings. The maximum Gasteiger partial charge on any atom is 0.122 e. The van der Waals surface area contributed by atoms with Crippen LogP contribution in [0.3, 0.4) is 0 Å². The van der Waals surface area contributed by atoms with E-state index in [2.05, 4.69) is 17.4 Å². The lowest BCUT2D eigenvalue weighted by atomic mass is 10.1. The molecule has 1 aliphatic heterocycles. The second-order valence-electron chi connectivity index (χ2n) is 4.76. The minimum atomic E-state index is 0.613. The molecule has 0 amide bonds. The maximum atomic E-state index is 5.47. The second-order valence-corrected chi connectivity index (χ2v) is 4.76. The number of rotatable bonds is 5. The van der Waals surface area contributed by atoms with Gasteiger partial charge >= 0.3 is 0 Å². The van der Waals surface area contributed by atoms with Crippen molar-refractivity contribution < 1.29 is 9.47 Å². The van der Waals surface area contributed by atoms with E-state index < -0.39 is 0 Å². The molecule has 1 atom stereocenters. The number of hydrogen-bond donors (Lipinski definition) is 1.